The molecule has 1 nitrogen and oxygen atoms in total. The van der Waals surface area contributed by atoms with Crippen molar-refractivity contribution in [2.24, 2.45) is 0 Å². The minimum atomic E-state index is -1.45. The molecule has 1 aromatic carbocycles. The van der Waals surface area contributed by atoms with Gasteiger partial charge in [-0.1, -0.05) is 20.8 Å². The number of hydrogen-bond acceptors (Lipinski definition) is 1. The molecule has 0 bridgehead atoms. The molecule has 2 aromatic rings. The molecule has 0 atom stereocenters. The van der Waals surface area contributed by atoms with Crippen molar-refractivity contribution >= 4 is 0 Å². The van der Waals surface area contributed by atoms with Gasteiger partial charge in [-0.15, -0.1) is 0 Å². The van der Waals surface area contributed by atoms with Gasteiger partial charge in [0.1, 0.15) is 0 Å². The number of aromatic nitrogens is 1. The molecule has 0 aliphatic heterocycles. The molecule has 0 saturated heterocycles. The molecule has 0 N–H and O–H groups in total. The van der Waals surface area contributed by atoms with Crippen molar-refractivity contribution in [3.63, 3.8) is 0 Å². The van der Waals surface area contributed by atoms with Crippen molar-refractivity contribution in [1.82, 2.24) is 4.98 Å². The number of nitrogens with zero attached hydrogens (tertiary/aromatic N) is 1. The summed E-state index contributed by atoms with van der Waals surface area (Å²) in [4.78, 5) is 4.33. The van der Waals surface area contributed by atoms with Crippen LogP contribution in [0.2, 0.25) is 0 Å². The fraction of sp³-hybridized carbons (Fsp3) is 0.312. The standard InChI is InChI=1S/C16H16F3N/c1-9-5-14(16(2,3)4)20-8-11(9)10-6-12(17)15(19)13(18)7-10/h5-8H,1-4H3. The molecular formula is C16H16F3N. The lowest BCUT2D eigenvalue weighted by atomic mass is 9.89. The first-order valence-corrected chi connectivity index (χ1v) is 6.32. The van der Waals surface area contributed by atoms with E-state index in [1.165, 1.54) is 0 Å². The number of hydrogen-bond donors (Lipinski definition) is 0. The molecule has 20 heavy (non-hydrogen) atoms. The van der Waals surface area contributed by atoms with Gasteiger partial charge in [0.2, 0.25) is 0 Å². The van der Waals surface area contributed by atoms with E-state index in [1.807, 2.05) is 33.8 Å². The SMILES string of the molecule is Cc1cc(C(C)(C)C)ncc1-c1cc(F)c(F)c(F)c1. The van der Waals surface area contributed by atoms with Crippen LogP contribution in [0.25, 0.3) is 11.1 Å². The van der Waals surface area contributed by atoms with Crippen LogP contribution in [-0.2, 0) is 5.41 Å². The molecule has 0 radical (unpaired) electrons. The van der Waals surface area contributed by atoms with E-state index in [4.69, 9.17) is 0 Å². The molecule has 0 unspecified atom stereocenters. The summed E-state index contributed by atoms with van der Waals surface area (Å²) in [6, 6.07) is 3.85. The highest BCUT2D eigenvalue weighted by Crippen LogP contribution is 2.29. The van der Waals surface area contributed by atoms with E-state index in [2.05, 4.69) is 4.98 Å². The average molecular weight is 279 g/mol. The summed E-state index contributed by atoms with van der Waals surface area (Å²) >= 11 is 0. The third-order valence-corrected chi connectivity index (χ3v) is 3.17. The summed E-state index contributed by atoms with van der Waals surface area (Å²) in [6.45, 7) is 7.94. The van der Waals surface area contributed by atoms with Gasteiger partial charge in [0.15, 0.2) is 17.5 Å². The Balaban J connectivity index is 2.54. The zero-order valence-corrected chi connectivity index (χ0v) is 11.9. The maximum atomic E-state index is 13.3. The van der Waals surface area contributed by atoms with Gasteiger partial charge < -0.3 is 0 Å². The van der Waals surface area contributed by atoms with Crippen molar-refractivity contribution in [3.8, 4) is 11.1 Å². The van der Waals surface area contributed by atoms with Crippen LogP contribution in [-0.4, -0.2) is 4.98 Å². The fourth-order valence-corrected chi connectivity index (χ4v) is 1.98. The Kier molecular flexibility index (Phi) is 3.59. The number of pyridine rings is 1. The first-order chi connectivity index (χ1) is 9.20. The molecule has 0 amide bonds. The van der Waals surface area contributed by atoms with Gasteiger partial charge in [-0.05, 0) is 36.2 Å². The zero-order chi connectivity index (χ0) is 15.1. The van der Waals surface area contributed by atoms with Crippen LogP contribution in [0.1, 0.15) is 32.0 Å². The molecule has 1 heterocycles. The van der Waals surface area contributed by atoms with E-state index in [0.29, 0.717) is 5.56 Å². The van der Waals surface area contributed by atoms with Gasteiger partial charge in [0.05, 0.1) is 0 Å². The van der Waals surface area contributed by atoms with Crippen molar-refractivity contribution in [2.45, 2.75) is 33.1 Å². The Bertz CT molecular complexity index is 634. The molecule has 0 saturated carbocycles. The number of aryl methyl sites for hydroxylation is 1. The van der Waals surface area contributed by atoms with Crippen molar-refractivity contribution in [2.75, 3.05) is 0 Å². The average Bonchev–Trinajstić information content (AvgIpc) is 2.34. The number of halogens is 3. The smallest absolute Gasteiger partial charge is 0.194 e. The Hall–Kier alpha value is -1.84. The van der Waals surface area contributed by atoms with E-state index >= 15 is 0 Å². The molecular weight excluding hydrogens is 263 g/mol. The Labute approximate surface area is 116 Å². The normalized spacial score (nSPS) is 11.8. The molecule has 2 rings (SSSR count). The van der Waals surface area contributed by atoms with E-state index in [0.717, 1.165) is 23.4 Å². The summed E-state index contributed by atoms with van der Waals surface area (Å²) in [5.41, 5.74) is 2.50. The van der Waals surface area contributed by atoms with E-state index in [1.54, 1.807) is 6.20 Å². The maximum Gasteiger partial charge on any atom is 0.194 e. The van der Waals surface area contributed by atoms with Gasteiger partial charge in [-0.3, -0.25) is 4.98 Å². The fourth-order valence-electron chi connectivity index (χ4n) is 1.98. The quantitative estimate of drug-likeness (QED) is 0.685. The predicted octanol–water partition coefficient (Wildman–Crippen LogP) is 4.77. The van der Waals surface area contributed by atoms with E-state index in [-0.39, 0.29) is 11.0 Å². The van der Waals surface area contributed by atoms with Gasteiger partial charge in [0, 0.05) is 22.9 Å². The van der Waals surface area contributed by atoms with Crippen LogP contribution >= 0.6 is 0 Å². The lowest BCUT2D eigenvalue weighted by Gasteiger charge is -2.19. The number of benzene rings is 1. The third kappa shape index (κ3) is 2.69. The summed E-state index contributed by atoms with van der Waals surface area (Å²) in [6.07, 6.45) is 1.57. The Morgan fingerprint density at radius 3 is 1.95 bits per heavy atom. The first-order valence-electron chi connectivity index (χ1n) is 6.32. The molecule has 0 aliphatic carbocycles. The molecule has 0 fully saturated rings. The predicted molar refractivity (Wildman–Crippen MR) is 73.0 cm³/mol. The zero-order valence-electron chi connectivity index (χ0n) is 11.9. The highest BCUT2D eigenvalue weighted by molar-refractivity contribution is 5.66. The second kappa shape index (κ2) is 4.93. The minimum absolute atomic E-state index is 0.109. The highest BCUT2D eigenvalue weighted by Gasteiger charge is 2.18. The molecule has 106 valence electrons. The molecule has 0 aliphatic rings. The van der Waals surface area contributed by atoms with Crippen LogP contribution in [0.15, 0.2) is 24.4 Å². The van der Waals surface area contributed by atoms with Gasteiger partial charge in [-0.25, -0.2) is 13.2 Å². The monoisotopic (exact) mass is 279 g/mol. The highest BCUT2D eigenvalue weighted by atomic mass is 19.2. The van der Waals surface area contributed by atoms with Crippen LogP contribution < -0.4 is 0 Å². The summed E-state index contributed by atoms with van der Waals surface area (Å²) in [5.74, 6) is -3.84. The van der Waals surface area contributed by atoms with Crippen LogP contribution in [0.5, 0.6) is 0 Å². The van der Waals surface area contributed by atoms with Gasteiger partial charge in [-0.2, -0.15) is 0 Å². The summed E-state index contributed by atoms with van der Waals surface area (Å²) in [7, 11) is 0. The maximum absolute atomic E-state index is 13.3. The van der Waals surface area contributed by atoms with Crippen molar-refractivity contribution < 1.29 is 13.2 Å². The second-order valence-electron chi connectivity index (χ2n) is 5.89. The van der Waals surface area contributed by atoms with Gasteiger partial charge >= 0.3 is 0 Å². The molecule has 4 heteroatoms. The van der Waals surface area contributed by atoms with Crippen molar-refractivity contribution in [1.29, 1.82) is 0 Å². The van der Waals surface area contributed by atoms with Crippen LogP contribution in [0, 0.1) is 24.4 Å². The van der Waals surface area contributed by atoms with Crippen LogP contribution in [0.4, 0.5) is 13.2 Å². The third-order valence-electron chi connectivity index (χ3n) is 3.17. The molecule has 0 spiro atoms. The van der Waals surface area contributed by atoms with E-state index < -0.39 is 17.5 Å². The lowest BCUT2D eigenvalue weighted by molar-refractivity contribution is 0.447. The molecule has 1 aromatic heterocycles. The van der Waals surface area contributed by atoms with Gasteiger partial charge in [0.25, 0.3) is 0 Å². The van der Waals surface area contributed by atoms with Crippen LogP contribution in [0.3, 0.4) is 0 Å². The topological polar surface area (TPSA) is 12.9 Å². The lowest BCUT2D eigenvalue weighted by Crippen LogP contribution is -2.13. The Morgan fingerprint density at radius 1 is 0.950 bits per heavy atom. The van der Waals surface area contributed by atoms with E-state index in [9.17, 15) is 13.2 Å². The largest absolute Gasteiger partial charge is 0.260 e. The van der Waals surface area contributed by atoms with Crippen molar-refractivity contribution in [3.05, 3.63) is 53.1 Å². The minimum Gasteiger partial charge on any atom is -0.260 e. The summed E-state index contributed by atoms with van der Waals surface area (Å²) < 4.78 is 39.6. The first kappa shape index (κ1) is 14.6. The summed E-state index contributed by atoms with van der Waals surface area (Å²) in [5, 5.41) is 0. The second-order valence-corrected chi connectivity index (χ2v) is 5.89. The number of rotatable bonds is 1. The Morgan fingerprint density at radius 2 is 1.50 bits per heavy atom.